The fraction of sp³-hybridized carbons (Fsp3) is 0.400. The summed E-state index contributed by atoms with van der Waals surface area (Å²) in [5.74, 6) is 0.738. The number of hydrogen-bond donors (Lipinski definition) is 2. The molecule has 1 amide bonds. The largest absolute Gasteiger partial charge is 0.461 e. The van der Waals surface area contributed by atoms with Crippen LogP contribution in [0.5, 0.6) is 0 Å². The molecular weight excluding hydrogens is 240 g/mol. The number of rotatable bonds is 7. The normalized spacial score (nSPS) is 11.0. The van der Waals surface area contributed by atoms with Crippen LogP contribution in [-0.2, 0) is 11.3 Å². The number of nitrogens with two attached hydrogens (primary N) is 1. The summed E-state index contributed by atoms with van der Waals surface area (Å²) in [4.78, 5) is 10.6. The fourth-order valence-corrected chi connectivity index (χ4v) is 2.20. The van der Waals surface area contributed by atoms with E-state index in [1.165, 1.54) is 10.9 Å². The van der Waals surface area contributed by atoms with Crippen molar-refractivity contribution >= 4 is 16.9 Å². The van der Waals surface area contributed by atoms with Gasteiger partial charge in [0, 0.05) is 23.9 Å². The smallest absolute Gasteiger partial charge is 0.217 e. The molecule has 3 N–H and O–H groups in total. The van der Waals surface area contributed by atoms with Crippen LogP contribution < -0.4 is 11.1 Å². The van der Waals surface area contributed by atoms with E-state index in [4.69, 9.17) is 10.2 Å². The Bertz CT molecular complexity index is 560. The molecule has 2 aromatic rings. The SMILES string of the molecule is Cc1oc2ccccc2c1CNCCCCC(N)=O. The molecule has 0 unspecified atom stereocenters. The maximum atomic E-state index is 10.6. The highest BCUT2D eigenvalue weighted by atomic mass is 16.3. The van der Waals surface area contributed by atoms with Gasteiger partial charge in [0.15, 0.2) is 0 Å². The highest BCUT2D eigenvalue weighted by Gasteiger charge is 2.09. The molecule has 0 atom stereocenters. The van der Waals surface area contributed by atoms with E-state index in [1.54, 1.807) is 0 Å². The first-order valence-corrected chi connectivity index (χ1v) is 6.64. The molecule has 0 spiro atoms. The number of benzene rings is 1. The Morgan fingerprint density at radius 3 is 2.89 bits per heavy atom. The zero-order valence-electron chi connectivity index (χ0n) is 11.2. The Morgan fingerprint density at radius 1 is 1.32 bits per heavy atom. The molecule has 1 aromatic heterocycles. The second-order valence-electron chi connectivity index (χ2n) is 4.73. The van der Waals surface area contributed by atoms with Gasteiger partial charge in [0.1, 0.15) is 11.3 Å². The van der Waals surface area contributed by atoms with Crippen LogP contribution in [0, 0.1) is 6.92 Å². The van der Waals surface area contributed by atoms with Crippen LogP contribution in [0.2, 0.25) is 0 Å². The number of fused-ring (bicyclic) bond motifs is 1. The highest BCUT2D eigenvalue weighted by Crippen LogP contribution is 2.24. The zero-order valence-corrected chi connectivity index (χ0v) is 11.2. The number of carbonyl (C=O) groups is 1. The van der Waals surface area contributed by atoms with Crippen molar-refractivity contribution in [1.82, 2.24) is 5.32 Å². The van der Waals surface area contributed by atoms with Gasteiger partial charge >= 0.3 is 0 Å². The van der Waals surface area contributed by atoms with Crippen molar-refractivity contribution in [3.05, 3.63) is 35.6 Å². The lowest BCUT2D eigenvalue weighted by Crippen LogP contribution is -2.16. The van der Waals surface area contributed by atoms with Gasteiger partial charge in [0.05, 0.1) is 0 Å². The van der Waals surface area contributed by atoms with Gasteiger partial charge in [-0.1, -0.05) is 18.2 Å². The molecule has 2 rings (SSSR count). The average molecular weight is 260 g/mol. The molecule has 102 valence electrons. The molecule has 19 heavy (non-hydrogen) atoms. The van der Waals surface area contributed by atoms with Crippen LogP contribution in [0.25, 0.3) is 11.0 Å². The summed E-state index contributed by atoms with van der Waals surface area (Å²) in [5, 5.41) is 4.55. The Balaban J connectivity index is 1.84. The van der Waals surface area contributed by atoms with Gasteiger partial charge in [-0.2, -0.15) is 0 Å². The molecule has 1 aromatic carbocycles. The lowest BCUT2D eigenvalue weighted by atomic mass is 10.1. The second kappa shape index (κ2) is 6.38. The molecule has 0 radical (unpaired) electrons. The Kier molecular flexibility index (Phi) is 4.58. The van der Waals surface area contributed by atoms with Crippen LogP contribution in [0.4, 0.5) is 0 Å². The maximum Gasteiger partial charge on any atom is 0.217 e. The summed E-state index contributed by atoms with van der Waals surface area (Å²) in [6.45, 7) is 3.66. The van der Waals surface area contributed by atoms with Crippen molar-refractivity contribution in [1.29, 1.82) is 0 Å². The van der Waals surface area contributed by atoms with E-state index in [1.807, 2.05) is 25.1 Å². The van der Waals surface area contributed by atoms with Crippen molar-refractivity contribution in [2.24, 2.45) is 5.73 Å². The summed E-state index contributed by atoms with van der Waals surface area (Å²) < 4.78 is 5.71. The van der Waals surface area contributed by atoms with E-state index >= 15 is 0 Å². The van der Waals surface area contributed by atoms with Gasteiger partial charge in [-0.15, -0.1) is 0 Å². The number of furan rings is 1. The van der Waals surface area contributed by atoms with E-state index in [9.17, 15) is 4.79 Å². The molecule has 0 aliphatic carbocycles. The number of aryl methyl sites for hydroxylation is 1. The predicted molar refractivity (Wildman–Crippen MR) is 75.7 cm³/mol. The molecular formula is C15H20N2O2. The van der Waals surface area contributed by atoms with E-state index in [0.29, 0.717) is 6.42 Å². The number of hydrogen-bond acceptors (Lipinski definition) is 3. The number of para-hydroxylation sites is 1. The number of carbonyl (C=O) groups excluding carboxylic acids is 1. The molecule has 0 bridgehead atoms. The lowest BCUT2D eigenvalue weighted by molar-refractivity contribution is -0.118. The standard InChI is InChI=1S/C15H20N2O2/c1-11-13(10-17-9-5-4-8-15(16)18)12-6-2-3-7-14(12)19-11/h2-3,6-7,17H,4-5,8-10H2,1H3,(H2,16,18). The number of unbranched alkanes of at least 4 members (excludes halogenated alkanes) is 1. The minimum absolute atomic E-state index is 0.225. The fourth-order valence-electron chi connectivity index (χ4n) is 2.20. The predicted octanol–water partition coefficient (Wildman–Crippen LogP) is 2.49. The highest BCUT2D eigenvalue weighted by molar-refractivity contribution is 5.82. The van der Waals surface area contributed by atoms with Crippen molar-refractivity contribution in [3.63, 3.8) is 0 Å². The van der Waals surface area contributed by atoms with Crippen molar-refractivity contribution < 1.29 is 9.21 Å². The topological polar surface area (TPSA) is 68.3 Å². The maximum absolute atomic E-state index is 10.6. The first-order valence-electron chi connectivity index (χ1n) is 6.64. The van der Waals surface area contributed by atoms with E-state index < -0.39 is 0 Å². The third-order valence-electron chi connectivity index (χ3n) is 3.23. The van der Waals surface area contributed by atoms with Gasteiger partial charge in [-0.25, -0.2) is 0 Å². The van der Waals surface area contributed by atoms with Gasteiger partial charge in [0.2, 0.25) is 5.91 Å². The Morgan fingerprint density at radius 2 is 2.11 bits per heavy atom. The minimum Gasteiger partial charge on any atom is -0.461 e. The summed E-state index contributed by atoms with van der Waals surface area (Å²) in [6.07, 6.45) is 2.26. The second-order valence-corrected chi connectivity index (χ2v) is 4.73. The minimum atomic E-state index is -0.225. The Labute approximate surface area is 113 Å². The first kappa shape index (κ1) is 13.6. The summed E-state index contributed by atoms with van der Waals surface area (Å²) in [5.41, 5.74) is 7.24. The van der Waals surface area contributed by atoms with E-state index in [-0.39, 0.29) is 5.91 Å². The number of nitrogens with one attached hydrogen (secondary N) is 1. The average Bonchev–Trinajstić information content (AvgIpc) is 2.69. The third kappa shape index (κ3) is 3.58. The molecule has 4 nitrogen and oxygen atoms in total. The zero-order chi connectivity index (χ0) is 13.7. The van der Waals surface area contributed by atoms with Gasteiger partial charge < -0.3 is 15.5 Å². The van der Waals surface area contributed by atoms with Crippen LogP contribution in [0.1, 0.15) is 30.6 Å². The van der Waals surface area contributed by atoms with Crippen LogP contribution in [0.15, 0.2) is 28.7 Å². The molecule has 0 saturated carbocycles. The van der Waals surface area contributed by atoms with Gasteiger partial charge in [-0.05, 0) is 32.4 Å². The number of primary amides is 1. The van der Waals surface area contributed by atoms with Crippen LogP contribution in [0.3, 0.4) is 0 Å². The van der Waals surface area contributed by atoms with Gasteiger partial charge in [0.25, 0.3) is 0 Å². The number of amides is 1. The quantitative estimate of drug-likeness (QED) is 0.751. The van der Waals surface area contributed by atoms with Crippen LogP contribution in [-0.4, -0.2) is 12.5 Å². The van der Waals surface area contributed by atoms with Crippen molar-refractivity contribution in [2.75, 3.05) is 6.54 Å². The first-order chi connectivity index (χ1) is 9.18. The summed E-state index contributed by atoms with van der Waals surface area (Å²) >= 11 is 0. The molecule has 0 aliphatic heterocycles. The summed E-state index contributed by atoms with van der Waals surface area (Å²) in [6, 6.07) is 8.06. The van der Waals surface area contributed by atoms with Crippen molar-refractivity contribution in [2.45, 2.75) is 32.7 Å². The van der Waals surface area contributed by atoms with Crippen molar-refractivity contribution in [3.8, 4) is 0 Å². The molecule has 1 heterocycles. The lowest BCUT2D eigenvalue weighted by Gasteiger charge is -2.04. The molecule has 0 aliphatic rings. The van der Waals surface area contributed by atoms with Gasteiger partial charge in [-0.3, -0.25) is 4.79 Å². The molecule has 4 heteroatoms. The Hall–Kier alpha value is -1.81. The molecule has 0 fully saturated rings. The summed E-state index contributed by atoms with van der Waals surface area (Å²) in [7, 11) is 0. The third-order valence-corrected chi connectivity index (χ3v) is 3.23. The van der Waals surface area contributed by atoms with E-state index in [0.717, 1.165) is 37.3 Å². The van der Waals surface area contributed by atoms with Crippen LogP contribution >= 0.6 is 0 Å². The van der Waals surface area contributed by atoms with E-state index in [2.05, 4.69) is 11.4 Å². The molecule has 0 saturated heterocycles. The monoisotopic (exact) mass is 260 g/mol.